The summed E-state index contributed by atoms with van der Waals surface area (Å²) in [6.07, 6.45) is 2.26. The van der Waals surface area contributed by atoms with E-state index in [2.05, 4.69) is 15.0 Å². The SMILES string of the molecule is COC(=O)[C@@H]1C[C@H](Oc2ccccn2)CN1. The summed E-state index contributed by atoms with van der Waals surface area (Å²) in [7, 11) is 1.39. The highest BCUT2D eigenvalue weighted by Crippen LogP contribution is 2.15. The molecule has 1 aromatic rings. The smallest absolute Gasteiger partial charge is 0.323 e. The van der Waals surface area contributed by atoms with Crippen molar-refractivity contribution in [2.75, 3.05) is 13.7 Å². The molecule has 2 atom stereocenters. The molecule has 2 heterocycles. The quantitative estimate of drug-likeness (QED) is 0.748. The van der Waals surface area contributed by atoms with Gasteiger partial charge >= 0.3 is 5.97 Å². The van der Waals surface area contributed by atoms with Gasteiger partial charge in [0.2, 0.25) is 5.88 Å². The van der Waals surface area contributed by atoms with Crippen LogP contribution in [0.1, 0.15) is 6.42 Å². The maximum Gasteiger partial charge on any atom is 0.323 e. The molecule has 1 saturated heterocycles. The topological polar surface area (TPSA) is 60.5 Å². The van der Waals surface area contributed by atoms with Crippen LogP contribution in [-0.2, 0) is 9.53 Å². The van der Waals surface area contributed by atoms with E-state index in [0.717, 1.165) is 0 Å². The van der Waals surface area contributed by atoms with Crippen LogP contribution in [0, 0.1) is 0 Å². The minimum absolute atomic E-state index is 0.0287. The summed E-state index contributed by atoms with van der Waals surface area (Å²) in [5.74, 6) is 0.340. The normalized spacial score (nSPS) is 24.1. The Morgan fingerprint density at radius 2 is 2.44 bits per heavy atom. The second-order valence-corrected chi connectivity index (χ2v) is 3.63. The second-order valence-electron chi connectivity index (χ2n) is 3.63. The highest BCUT2D eigenvalue weighted by atomic mass is 16.5. The van der Waals surface area contributed by atoms with E-state index in [1.165, 1.54) is 7.11 Å². The van der Waals surface area contributed by atoms with Gasteiger partial charge in [-0.1, -0.05) is 6.07 Å². The number of carbonyl (C=O) groups is 1. The number of methoxy groups -OCH3 is 1. The Labute approximate surface area is 93.8 Å². The summed E-state index contributed by atoms with van der Waals surface area (Å²) < 4.78 is 10.3. The highest BCUT2D eigenvalue weighted by Gasteiger charge is 2.31. The van der Waals surface area contributed by atoms with Gasteiger partial charge in [0, 0.05) is 25.2 Å². The molecule has 1 aromatic heterocycles. The molecule has 1 aliphatic heterocycles. The first-order chi connectivity index (χ1) is 7.79. The lowest BCUT2D eigenvalue weighted by molar-refractivity contribution is -0.142. The van der Waals surface area contributed by atoms with Gasteiger partial charge < -0.3 is 14.8 Å². The number of hydrogen-bond donors (Lipinski definition) is 1. The summed E-state index contributed by atoms with van der Waals surface area (Å²) in [4.78, 5) is 15.3. The van der Waals surface area contributed by atoms with Crippen molar-refractivity contribution in [3.05, 3.63) is 24.4 Å². The minimum atomic E-state index is -0.265. The van der Waals surface area contributed by atoms with Crippen LogP contribution >= 0.6 is 0 Å². The molecule has 0 unspecified atom stereocenters. The molecule has 0 amide bonds. The third-order valence-electron chi connectivity index (χ3n) is 2.50. The summed E-state index contributed by atoms with van der Waals surface area (Å²) in [6.45, 7) is 0.635. The molecule has 1 aliphatic rings. The average Bonchev–Trinajstić information content (AvgIpc) is 2.78. The molecule has 16 heavy (non-hydrogen) atoms. The molecule has 0 aromatic carbocycles. The Balaban J connectivity index is 1.88. The van der Waals surface area contributed by atoms with Crippen molar-refractivity contribution in [1.29, 1.82) is 0 Å². The van der Waals surface area contributed by atoms with Crippen LogP contribution in [-0.4, -0.2) is 36.8 Å². The Hall–Kier alpha value is -1.62. The van der Waals surface area contributed by atoms with Crippen molar-refractivity contribution < 1.29 is 14.3 Å². The molecule has 0 bridgehead atoms. The number of pyridine rings is 1. The molecule has 5 nitrogen and oxygen atoms in total. The predicted molar refractivity (Wildman–Crippen MR) is 57.1 cm³/mol. The van der Waals surface area contributed by atoms with Crippen molar-refractivity contribution in [1.82, 2.24) is 10.3 Å². The molecular weight excluding hydrogens is 208 g/mol. The van der Waals surface area contributed by atoms with Gasteiger partial charge in [-0.15, -0.1) is 0 Å². The van der Waals surface area contributed by atoms with Crippen molar-refractivity contribution in [3.8, 4) is 5.88 Å². The number of rotatable bonds is 3. The summed E-state index contributed by atoms with van der Waals surface area (Å²) >= 11 is 0. The van der Waals surface area contributed by atoms with Gasteiger partial charge in [-0.3, -0.25) is 4.79 Å². The van der Waals surface area contributed by atoms with E-state index in [0.29, 0.717) is 18.8 Å². The van der Waals surface area contributed by atoms with Crippen LogP contribution in [0.15, 0.2) is 24.4 Å². The molecule has 0 spiro atoms. The predicted octanol–water partition coefficient (Wildman–Crippen LogP) is 0.364. The first kappa shape index (κ1) is 10.9. The lowest BCUT2D eigenvalue weighted by atomic mass is 10.2. The first-order valence-corrected chi connectivity index (χ1v) is 5.18. The van der Waals surface area contributed by atoms with Crippen LogP contribution in [0.5, 0.6) is 5.88 Å². The van der Waals surface area contributed by atoms with Crippen LogP contribution in [0.4, 0.5) is 0 Å². The summed E-state index contributed by atoms with van der Waals surface area (Å²) in [5, 5.41) is 3.05. The molecule has 0 radical (unpaired) electrons. The molecule has 2 rings (SSSR count). The zero-order valence-electron chi connectivity index (χ0n) is 9.05. The van der Waals surface area contributed by atoms with E-state index in [4.69, 9.17) is 4.74 Å². The van der Waals surface area contributed by atoms with Gasteiger partial charge in [-0.05, 0) is 6.07 Å². The number of hydrogen-bond acceptors (Lipinski definition) is 5. The Bertz CT molecular complexity index is 356. The monoisotopic (exact) mass is 222 g/mol. The van der Waals surface area contributed by atoms with Gasteiger partial charge in [0.05, 0.1) is 7.11 Å². The minimum Gasteiger partial charge on any atom is -0.473 e. The number of aromatic nitrogens is 1. The number of nitrogens with zero attached hydrogens (tertiary/aromatic N) is 1. The third kappa shape index (κ3) is 2.49. The van der Waals surface area contributed by atoms with E-state index in [1.807, 2.05) is 12.1 Å². The molecule has 0 aliphatic carbocycles. The van der Waals surface area contributed by atoms with E-state index >= 15 is 0 Å². The number of esters is 1. The van der Waals surface area contributed by atoms with E-state index in [1.54, 1.807) is 12.3 Å². The second kappa shape index (κ2) is 4.94. The molecule has 5 heteroatoms. The van der Waals surface area contributed by atoms with Gasteiger partial charge in [-0.2, -0.15) is 0 Å². The molecular formula is C11H14N2O3. The van der Waals surface area contributed by atoms with E-state index < -0.39 is 0 Å². The molecule has 86 valence electrons. The van der Waals surface area contributed by atoms with Crippen LogP contribution in [0.2, 0.25) is 0 Å². The van der Waals surface area contributed by atoms with Crippen LogP contribution in [0.3, 0.4) is 0 Å². The standard InChI is InChI=1S/C11H14N2O3/c1-15-11(14)9-6-8(7-13-9)16-10-4-2-3-5-12-10/h2-5,8-9,13H,6-7H2,1H3/t8-,9-/m0/s1. The van der Waals surface area contributed by atoms with Gasteiger partial charge in [0.15, 0.2) is 0 Å². The lowest BCUT2D eigenvalue weighted by Crippen LogP contribution is -2.31. The number of ether oxygens (including phenoxy) is 2. The first-order valence-electron chi connectivity index (χ1n) is 5.18. The fraction of sp³-hybridized carbons (Fsp3) is 0.455. The van der Waals surface area contributed by atoms with Crippen LogP contribution in [0.25, 0.3) is 0 Å². The fourth-order valence-corrected chi connectivity index (χ4v) is 1.70. The Morgan fingerprint density at radius 1 is 1.56 bits per heavy atom. The average molecular weight is 222 g/mol. The van der Waals surface area contributed by atoms with Crippen molar-refractivity contribution >= 4 is 5.97 Å². The van der Waals surface area contributed by atoms with Gasteiger partial charge in [0.25, 0.3) is 0 Å². The lowest BCUT2D eigenvalue weighted by Gasteiger charge is -2.11. The Kier molecular flexibility index (Phi) is 3.36. The van der Waals surface area contributed by atoms with Crippen molar-refractivity contribution in [3.63, 3.8) is 0 Å². The maximum absolute atomic E-state index is 11.3. The third-order valence-corrected chi connectivity index (χ3v) is 2.50. The van der Waals surface area contributed by atoms with Crippen molar-refractivity contribution in [2.45, 2.75) is 18.6 Å². The highest BCUT2D eigenvalue weighted by molar-refractivity contribution is 5.76. The summed E-state index contributed by atoms with van der Waals surface area (Å²) in [5.41, 5.74) is 0. The molecule has 1 N–H and O–H groups in total. The summed E-state index contributed by atoms with van der Waals surface area (Å²) in [6, 6.07) is 5.23. The van der Waals surface area contributed by atoms with E-state index in [-0.39, 0.29) is 18.1 Å². The van der Waals surface area contributed by atoms with Crippen LogP contribution < -0.4 is 10.1 Å². The molecule has 0 saturated carbocycles. The fourth-order valence-electron chi connectivity index (χ4n) is 1.70. The zero-order chi connectivity index (χ0) is 11.4. The Morgan fingerprint density at radius 3 is 3.12 bits per heavy atom. The van der Waals surface area contributed by atoms with E-state index in [9.17, 15) is 4.79 Å². The van der Waals surface area contributed by atoms with Crippen molar-refractivity contribution in [2.24, 2.45) is 0 Å². The number of carbonyl (C=O) groups excluding carboxylic acids is 1. The number of nitrogens with one attached hydrogen (secondary N) is 1. The maximum atomic E-state index is 11.3. The largest absolute Gasteiger partial charge is 0.473 e. The zero-order valence-corrected chi connectivity index (χ0v) is 9.05. The van der Waals surface area contributed by atoms with Gasteiger partial charge in [0.1, 0.15) is 12.1 Å². The van der Waals surface area contributed by atoms with Gasteiger partial charge in [-0.25, -0.2) is 4.98 Å². The molecule has 1 fully saturated rings.